The summed E-state index contributed by atoms with van der Waals surface area (Å²) < 4.78 is 10.9. The molecule has 0 radical (unpaired) electrons. The first-order chi connectivity index (χ1) is 13.3. The van der Waals surface area contributed by atoms with E-state index in [2.05, 4.69) is 34.2 Å². The third-order valence-electron chi connectivity index (χ3n) is 4.54. The summed E-state index contributed by atoms with van der Waals surface area (Å²) in [6, 6.07) is 14.1. The van der Waals surface area contributed by atoms with Crippen LogP contribution in [0.5, 0.6) is 0 Å². The normalized spacial score (nSPS) is 13.6. The van der Waals surface area contributed by atoms with E-state index in [0.29, 0.717) is 16.9 Å². The molecule has 0 N–H and O–H groups in total. The Bertz CT molecular complexity index is 1010. The summed E-state index contributed by atoms with van der Waals surface area (Å²) in [5.74, 6) is 6.76. The molecule has 1 heterocycles. The van der Waals surface area contributed by atoms with Gasteiger partial charge in [-0.3, -0.25) is 4.79 Å². The van der Waals surface area contributed by atoms with Gasteiger partial charge in [0.05, 0.1) is 11.7 Å². The van der Waals surface area contributed by atoms with Gasteiger partial charge in [0, 0.05) is 5.56 Å². The molecule has 6 heteroatoms. The lowest BCUT2D eigenvalue weighted by molar-refractivity contribution is -0.149. The molecule has 4 rings (SSSR count). The summed E-state index contributed by atoms with van der Waals surface area (Å²) in [4.78, 5) is 11.6. The third-order valence-corrected chi connectivity index (χ3v) is 5.25. The van der Waals surface area contributed by atoms with Crippen LogP contribution in [0.15, 0.2) is 52.1 Å². The van der Waals surface area contributed by atoms with E-state index in [1.54, 1.807) is 0 Å². The second-order valence-corrected chi connectivity index (χ2v) is 7.20. The molecule has 0 unspecified atom stereocenters. The Labute approximate surface area is 161 Å². The van der Waals surface area contributed by atoms with E-state index in [9.17, 15) is 4.79 Å². The topological polar surface area (TPSA) is 65.2 Å². The number of esters is 1. The lowest BCUT2D eigenvalue weighted by Gasteiger charge is -2.22. The molecule has 27 heavy (non-hydrogen) atoms. The molecular weight excluding hydrogens is 360 g/mol. The molecule has 0 bridgehead atoms. The van der Waals surface area contributed by atoms with Gasteiger partial charge < -0.3 is 9.15 Å². The quantitative estimate of drug-likeness (QED) is 0.374. The maximum absolute atomic E-state index is 11.6. The Morgan fingerprint density at radius 1 is 1.15 bits per heavy atom. The summed E-state index contributed by atoms with van der Waals surface area (Å²) in [6.45, 7) is 0.140. The van der Waals surface area contributed by atoms with E-state index in [1.807, 2.05) is 30.3 Å². The molecule has 0 aliphatic heterocycles. The highest BCUT2D eigenvalue weighted by Gasteiger charge is 2.26. The fourth-order valence-corrected chi connectivity index (χ4v) is 3.39. The number of benzene rings is 2. The Balaban J connectivity index is 1.32. The molecule has 1 aliphatic carbocycles. The fourth-order valence-electron chi connectivity index (χ4n) is 2.86. The Kier molecular flexibility index (Phi) is 5.40. The summed E-state index contributed by atoms with van der Waals surface area (Å²) in [7, 11) is 0. The second-order valence-electron chi connectivity index (χ2n) is 6.28. The van der Waals surface area contributed by atoms with Gasteiger partial charge in [-0.05, 0) is 29.7 Å². The molecule has 0 amide bonds. The van der Waals surface area contributed by atoms with Gasteiger partial charge in [0.15, 0.2) is 6.61 Å². The van der Waals surface area contributed by atoms with Crippen LogP contribution in [0.2, 0.25) is 0 Å². The lowest BCUT2D eigenvalue weighted by atomic mass is 9.86. The minimum Gasteiger partial charge on any atom is -0.452 e. The Hall–Kier alpha value is -2.78. The first-order valence-electron chi connectivity index (χ1n) is 8.88. The number of hydrogen-bond acceptors (Lipinski definition) is 6. The van der Waals surface area contributed by atoms with E-state index in [4.69, 9.17) is 9.15 Å². The van der Waals surface area contributed by atoms with E-state index in [1.165, 1.54) is 11.8 Å². The monoisotopic (exact) mass is 378 g/mol. The van der Waals surface area contributed by atoms with Crippen molar-refractivity contribution >= 4 is 28.5 Å². The van der Waals surface area contributed by atoms with Crippen molar-refractivity contribution in [1.29, 1.82) is 0 Å². The molecular formula is C21H18N2O3S. The average molecular weight is 378 g/mol. The number of carbonyl (C=O) groups excluding carboxylic acids is 1. The number of thioether (sulfide) groups is 1. The summed E-state index contributed by atoms with van der Waals surface area (Å²) in [6.07, 6.45) is 3.00. The number of ether oxygens (including phenoxy) is 1. The van der Waals surface area contributed by atoms with Crippen molar-refractivity contribution in [3.63, 3.8) is 0 Å². The smallest absolute Gasteiger partial charge is 0.309 e. The van der Waals surface area contributed by atoms with Crippen LogP contribution in [0.4, 0.5) is 0 Å². The maximum Gasteiger partial charge on any atom is 0.309 e. The third kappa shape index (κ3) is 4.15. The minimum absolute atomic E-state index is 0.0899. The molecule has 0 spiro atoms. The van der Waals surface area contributed by atoms with E-state index in [-0.39, 0.29) is 18.5 Å². The average Bonchev–Trinajstić information content (AvgIpc) is 3.11. The van der Waals surface area contributed by atoms with Crippen LogP contribution in [0.3, 0.4) is 0 Å². The molecule has 2 aromatic carbocycles. The lowest BCUT2D eigenvalue weighted by Crippen LogP contribution is -2.24. The highest BCUT2D eigenvalue weighted by Crippen LogP contribution is 2.29. The van der Waals surface area contributed by atoms with Gasteiger partial charge in [0.1, 0.15) is 0 Å². The first-order valence-corrected chi connectivity index (χ1v) is 9.86. The molecule has 1 aliphatic rings. The van der Waals surface area contributed by atoms with Gasteiger partial charge in [-0.1, -0.05) is 66.4 Å². The van der Waals surface area contributed by atoms with Gasteiger partial charge in [-0.25, -0.2) is 0 Å². The number of aromatic nitrogens is 2. The van der Waals surface area contributed by atoms with E-state index < -0.39 is 0 Å². The molecule has 1 fully saturated rings. The van der Waals surface area contributed by atoms with Crippen molar-refractivity contribution in [2.24, 2.45) is 5.92 Å². The fraction of sp³-hybridized carbons (Fsp3) is 0.286. The van der Waals surface area contributed by atoms with Crippen molar-refractivity contribution in [1.82, 2.24) is 10.2 Å². The summed E-state index contributed by atoms with van der Waals surface area (Å²) >= 11 is 1.37. The van der Waals surface area contributed by atoms with Crippen LogP contribution in [0.1, 0.15) is 19.3 Å². The highest BCUT2D eigenvalue weighted by molar-refractivity contribution is 7.99. The van der Waals surface area contributed by atoms with Gasteiger partial charge in [-0.2, -0.15) is 0 Å². The van der Waals surface area contributed by atoms with Crippen LogP contribution in [0, 0.1) is 17.8 Å². The number of fused-ring (bicyclic) bond motifs is 1. The van der Waals surface area contributed by atoms with Gasteiger partial charge in [0.25, 0.3) is 5.22 Å². The SMILES string of the molecule is O=C(OCC#CCSc1nnc(-c2cccc3ccccc23)o1)C1CCC1. The number of rotatable bonds is 5. The van der Waals surface area contributed by atoms with E-state index in [0.717, 1.165) is 35.6 Å². The van der Waals surface area contributed by atoms with Gasteiger partial charge in [0.2, 0.25) is 5.89 Å². The summed E-state index contributed by atoms with van der Waals surface area (Å²) in [5.41, 5.74) is 0.918. The van der Waals surface area contributed by atoms with Gasteiger partial charge in [-0.15, -0.1) is 10.2 Å². The molecule has 136 valence electrons. The van der Waals surface area contributed by atoms with Crippen molar-refractivity contribution in [3.05, 3.63) is 42.5 Å². The zero-order valence-corrected chi connectivity index (χ0v) is 15.5. The van der Waals surface area contributed by atoms with Crippen molar-refractivity contribution in [2.45, 2.75) is 24.5 Å². The van der Waals surface area contributed by atoms with Gasteiger partial charge >= 0.3 is 5.97 Å². The molecule has 3 aromatic rings. The van der Waals surface area contributed by atoms with Crippen LogP contribution in [-0.4, -0.2) is 28.5 Å². The van der Waals surface area contributed by atoms with E-state index >= 15 is 0 Å². The van der Waals surface area contributed by atoms with Crippen molar-refractivity contribution in [2.75, 3.05) is 12.4 Å². The predicted molar refractivity (Wildman–Crippen MR) is 104 cm³/mol. The highest BCUT2D eigenvalue weighted by atomic mass is 32.2. The molecule has 0 atom stereocenters. The van der Waals surface area contributed by atoms with Crippen molar-refractivity contribution in [3.8, 4) is 23.3 Å². The molecule has 5 nitrogen and oxygen atoms in total. The minimum atomic E-state index is -0.125. The second kappa shape index (κ2) is 8.28. The molecule has 1 saturated carbocycles. The maximum atomic E-state index is 11.6. The largest absolute Gasteiger partial charge is 0.452 e. The van der Waals surface area contributed by atoms with Crippen LogP contribution in [-0.2, 0) is 9.53 Å². The van der Waals surface area contributed by atoms with Crippen molar-refractivity contribution < 1.29 is 13.9 Å². The number of hydrogen-bond donors (Lipinski definition) is 0. The molecule has 1 aromatic heterocycles. The Morgan fingerprint density at radius 3 is 2.85 bits per heavy atom. The summed E-state index contributed by atoms with van der Waals surface area (Å²) in [5, 5.41) is 10.9. The number of carbonyl (C=O) groups is 1. The van der Waals surface area contributed by atoms with Crippen LogP contribution < -0.4 is 0 Å². The standard InChI is InChI=1S/C21H18N2O3S/c24-20(16-9-5-10-16)25-13-3-4-14-27-21-23-22-19(26-21)18-12-6-8-15-7-1-2-11-17(15)18/h1-2,6-8,11-12,16H,5,9-10,13-14H2. The predicted octanol–water partition coefficient (Wildman–Crippen LogP) is 4.33. The number of nitrogens with zero attached hydrogens (tertiary/aromatic N) is 2. The molecule has 0 saturated heterocycles. The first kappa shape index (κ1) is 17.6. The van der Waals surface area contributed by atoms with Crippen LogP contribution in [0.25, 0.3) is 22.2 Å². The van der Waals surface area contributed by atoms with Crippen LogP contribution >= 0.6 is 11.8 Å². The Morgan fingerprint density at radius 2 is 2.00 bits per heavy atom. The zero-order valence-electron chi connectivity index (χ0n) is 14.7. The zero-order chi connectivity index (χ0) is 18.5.